The van der Waals surface area contributed by atoms with E-state index in [9.17, 15) is 14.4 Å². The SMILES string of the molecule is COC(=O)c1cccc(C(=O)OCC(=O)NC(C)c2ccc(OC)cc2)c1. The zero-order valence-electron chi connectivity index (χ0n) is 15.4. The van der Waals surface area contributed by atoms with E-state index in [-0.39, 0.29) is 17.2 Å². The molecule has 27 heavy (non-hydrogen) atoms. The van der Waals surface area contributed by atoms with Crippen LogP contribution in [0.4, 0.5) is 0 Å². The topological polar surface area (TPSA) is 90.9 Å². The van der Waals surface area contributed by atoms with Gasteiger partial charge in [-0.1, -0.05) is 18.2 Å². The third-order valence-electron chi connectivity index (χ3n) is 3.85. The number of hydrogen-bond acceptors (Lipinski definition) is 6. The molecule has 0 aliphatic heterocycles. The van der Waals surface area contributed by atoms with Gasteiger partial charge in [-0.15, -0.1) is 0 Å². The highest BCUT2D eigenvalue weighted by molar-refractivity contribution is 5.96. The van der Waals surface area contributed by atoms with E-state index in [0.717, 1.165) is 11.3 Å². The lowest BCUT2D eigenvalue weighted by Crippen LogP contribution is -2.31. The van der Waals surface area contributed by atoms with Crippen molar-refractivity contribution in [2.24, 2.45) is 0 Å². The lowest BCUT2D eigenvalue weighted by atomic mass is 10.1. The Morgan fingerprint density at radius 1 is 0.963 bits per heavy atom. The van der Waals surface area contributed by atoms with Gasteiger partial charge in [-0.3, -0.25) is 4.79 Å². The Hall–Kier alpha value is -3.35. The fraction of sp³-hybridized carbons (Fsp3) is 0.250. The molecule has 7 heteroatoms. The molecule has 1 unspecified atom stereocenters. The summed E-state index contributed by atoms with van der Waals surface area (Å²) in [6.45, 7) is 1.39. The zero-order chi connectivity index (χ0) is 19.8. The Morgan fingerprint density at radius 3 is 2.19 bits per heavy atom. The number of ether oxygens (including phenoxy) is 3. The maximum absolute atomic E-state index is 12.1. The van der Waals surface area contributed by atoms with Crippen LogP contribution in [0.15, 0.2) is 48.5 Å². The van der Waals surface area contributed by atoms with E-state index in [2.05, 4.69) is 10.1 Å². The van der Waals surface area contributed by atoms with Gasteiger partial charge in [-0.2, -0.15) is 0 Å². The summed E-state index contributed by atoms with van der Waals surface area (Å²) in [5, 5.41) is 2.75. The zero-order valence-corrected chi connectivity index (χ0v) is 15.4. The Bertz CT molecular complexity index is 815. The minimum absolute atomic E-state index is 0.161. The molecule has 1 atom stereocenters. The summed E-state index contributed by atoms with van der Waals surface area (Å²) < 4.78 is 14.7. The van der Waals surface area contributed by atoms with Crippen molar-refractivity contribution in [3.05, 3.63) is 65.2 Å². The highest BCUT2D eigenvalue weighted by Gasteiger charge is 2.15. The molecule has 0 spiro atoms. The van der Waals surface area contributed by atoms with Crippen LogP contribution in [0.5, 0.6) is 5.75 Å². The van der Waals surface area contributed by atoms with E-state index in [1.807, 2.05) is 19.1 Å². The van der Waals surface area contributed by atoms with Crippen LogP contribution in [0.2, 0.25) is 0 Å². The standard InChI is InChI=1S/C20H21NO6/c1-13(14-7-9-17(25-2)10-8-14)21-18(22)12-27-20(24)16-6-4-5-15(11-16)19(23)26-3/h4-11,13H,12H2,1-3H3,(H,21,22). The summed E-state index contributed by atoms with van der Waals surface area (Å²) in [6, 6.07) is 12.9. The van der Waals surface area contributed by atoms with Gasteiger partial charge in [-0.05, 0) is 42.8 Å². The number of hydrogen-bond donors (Lipinski definition) is 1. The minimum Gasteiger partial charge on any atom is -0.497 e. The third kappa shape index (κ3) is 5.57. The van der Waals surface area contributed by atoms with Crippen molar-refractivity contribution < 1.29 is 28.6 Å². The van der Waals surface area contributed by atoms with Crippen molar-refractivity contribution in [3.63, 3.8) is 0 Å². The number of benzene rings is 2. The van der Waals surface area contributed by atoms with Crippen molar-refractivity contribution in [1.82, 2.24) is 5.32 Å². The van der Waals surface area contributed by atoms with Gasteiger partial charge < -0.3 is 19.5 Å². The number of carbonyl (C=O) groups excluding carboxylic acids is 3. The van der Waals surface area contributed by atoms with Crippen LogP contribution in [0.3, 0.4) is 0 Å². The van der Waals surface area contributed by atoms with E-state index < -0.39 is 24.5 Å². The number of nitrogens with one attached hydrogen (secondary N) is 1. The molecule has 7 nitrogen and oxygen atoms in total. The lowest BCUT2D eigenvalue weighted by molar-refractivity contribution is -0.124. The smallest absolute Gasteiger partial charge is 0.338 e. The molecule has 2 aromatic carbocycles. The number of methoxy groups -OCH3 is 2. The van der Waals surface area contributed by atoms with Gasteiger partial charge in [0.05, 0.1) is 31.4 Å². The van der Waals surface area contributed by atoms with Crippen LogP contribution in [0, 0.1) is 0 Å². The molecule has 0 heterocycles. The van der Waals surface area contributed by atoms with Crippen molar-refractivity contribution in [1.29, 1.82) is 0 Å². The Kier molecular flexibility index (Phi) is 6.93. The molecule has 0 aromatic heterocycles. The quantitative estimate of drug-likeness (QED) is 0.752. The second kappa shape index (κ2) is 9.38. The lowest BCUT2D eigenvalue weighted by Gasteiger charge is -2.15. The number of rotatable bonds is 7. The van der Waals surface area contributed by atoms with Gasteiger partial charge >= 0.3 is 11.9 Å². The van der Waals surface area contributed by atoms with E-state index >= 15 is 0 Å². The molecule has 1 amide bonds. The van der Waals surface area contributed by atoms with E-state index in [1.165, 1.54) is 31.4 Å². The largest absolute Gasteiger partial charge is 0.497 e. The Balaban J connectivity index is 1.89. The van der Waals surface area contributed by atoms with Gasteiger partial charge in [0.25, 0.3) is 5.91 Å². The van der Waals surface area contributed by atoms with Crippen LogP contribution >= 0.6 is 0 Å². The fourth-order valence-corrected chi connectivity index (χ4v) is 2.36. The fourth-order valence-electron chi connectivity index (χ4n) is 2.36. The van der Waals surface area contributed by atoms with Crippen molar-refractivity contribution in [2.75, 3.05) is 20.8 Å². The van der Waals surface area contributed by atoms with Crippen LogP contribution < -0.4 is 10.1 Å². The summed E-state index contributed by atoms with van der Waals surface area (Å²) in [5.41, 5.74) is 1.28. The molecule has 0 fully saturated rings. The van der Waals surface area contributed by atoms with E-state index in [0.29, 0.717) is 0 Å². The molecule has 1 N–H and O–H groups in total. The number of amides is 1. The minimum atomic E-state index is -0.701. The van der Waals surface area contributed by atoms with Crippen molar-refractivity contribution in [2.45, 2.75) is 13.0 Å². The molecule has 0 saturated heterocycles. The molecular weight excluding hydrogens is 350 g/mol. The predicted octanol–water partition coefficient (Wildman–Crippen LogP) is 2.52. The molecule has 0 aliphatic rings. The van der Waals surface area contributed by atoms with Crippen LogP contribution in [-0.4, -0.2) is 38.7 Å². The van der Waals surface area contributed by atoms with Crippen LogP contribution in [0.1, 0.15) is 39.2 Å². The molecule has 0 saturated carbocycles. The van der Waals surface area contributed by atoms with Gasteiger partial charge in [0, 0.05) is 0 Å². The van der Waals surface area contributed by atoms with Crippen molar-refractivity contribution in [3.8, 4) is 5.75 Å². The Labute approximate surface area is 157 Å². The maximum atomic E-state index is 12.1. The summed E-state index contributed by atoms with van der Waals surface area (Å²) in [7, 11) is 2.83. The monoisotopic (exact) mass is 371 g/mol. The number of carbonyl (C=O) groups is 3. The number of esters is 2. The van der Waals surface area contributed by atoms with Gasteiger partial charge in [-0.25, -0.2) is 9.59 Å². The average molecular weight is 371 g/mol. The highest BCUT2D eigenvalue weighted by Crippen LogP contribution is 2.17. The van der Waals surface area contributed by atoms with Crippen molar-refractivity contribution >= 4 is 17.8 Å². The van der Waals surface area contributed by atoms with Gasteiger partial charge in [0.1, 0.15) is 5.75 Å². The first-order valence-electron chi connectivity index (χ1n) is 8.23. The second-order valence-electron chi connectivity index (χ2n) is 5.71. The third-order valence-corrected chi connectivity index (χ3v) is 3.85. The molecule has 2 rings (SSSR count). The summed E-state index contributed by atoms with van der Waals surface area (Å²) >= 11 is 0. The maximum Gasteiger partial charge on any atom is 0.338 e. The molecule has 0 aliphatic carbocycles. The molecule has 142 valence electrons. The average Bonchev–Trinajstić information content (AvgIpc) is 2.71. The molecule has 0 bridgehead atoms. The van der Waals surface area contributed by atoms with E-state index in [4.69, 9.17) is 9.47 Å². The van der Waals surface area contributed by atoms with Gasteiger partial charge in [0.2, 0.25) is 0 Å². The predicted molar refractivity (Wildman–Crippen MR) is 97.6 cm³/mol. The second-order valence-corrected chi connectivity index (χ2v) is 5.71. The van der Waals surface area contributed by atoms with Crippen LogP contribution in [0.25, 0.3) is 0 Å². The molecule has 2 aromatic rings. The normalized spacial score (nSPS) is 11.2. The first-order chi connectivity index (χ1) is 12.9. The first kappa shape index (κ1) is 20.0. The summed E-state index contributed by atoms with van der Waals surface area (Å²) in [5.74, 6) is -0.972. The van der Waals surface area contributed by atoms with Gasteiger partial charge in [0.15, 0.2) is 6.61 Å². The molecule has 0 radical (unpaired) electrons. The first-order valence-corrected chi connectivity index (χ1v) is 8.23. The Morgan fingerprint density at radius 2 is 1.59 bits per heavy atom. The molecular formula is C20H21NO6. The van der Waals surface area contributed by atoms with E-state index in [1.54, 1.807) is 19.2 Å². The summed E-state index contributed by atoms with van der Waals surface area (Å²) in [6.07, 6.45) is 0. The highest BCUT2D eigenvalue weighted by atomic mass is 16.5. The summed E-state index contributed by atoms with van der Waals surface area (Å²) in [4.78, 5) is 35.6. The van der Waals surface area contributed by atoms with Crippen LogP contribution in [-0.2, 0) is 14.3 Å².